The van der Waals surface area contributed by atoms with Gasteiger partial charge in [0.05, 0.1) is 15.7 Å². The van der Waals surface area contributed by atoms with Gasteiger partial charge in [-0.05, 0) is 18.9 Å². The third-order valence-corrected chi connectivity index (χ3v) is 4.48. The van der Waals surface area contributed by atoms with E-state index in [1.165, 1.54) is 6.07 Å². The number of phenols is 1. The van der Waals surface area contributed by atoms with Crippen molar-refractivity contribution < 1.29 is 5.11 Å². The van der Waals surface area contributed by atoms with Crippen molar-refractivity contribution in [3.8, 4) is 5.75 Å². The Kier molecular flexibility index (Phi) is 2.65. The molecule has 1 aromatic rings. The van der Waals surface area contributed by atoms with Gasteiger partial charge in [0.25, 0.3) is 0 Å². The number of nitrogens with one attached hydrogen (secondary N) is 1. The summed E-state index contributed by atoms with van der Waals surface area (Å²) in [6.45, 7) is 3.02. The zero-order valence-corrected chi connectivity index (χ0v) is 10.9. The smallest absolute Gasteiger partial charge is 0.140 e. The van der Waals surface area contributed by atoms with Crippen LogP contribution < -0.4 is 10.2 Å². The van der Waals surface area contributed by atoms with Gasteiger partial charge in [0.15, 0.2) is 0 Å². The van der Waals surface area contributed by atoms with E-state index in [4.69, 9.17) is 23.2 Å². The third-order valence-electron chi connectivity index (χ3n) is 3.76. The molecule has 0 radical (unpaired) electrons. The Bertz CT molecular complexity index is 450. The van der Waals surface area contributed by atoms with Crippen molar-refractivity contribution in [3.05, 3.63) is 22.2 Å². The van der Waals surface area contributed by atoms with Crippen LogP contribution in [-0.4, -0.2) is 30.3 Å². The first-order valence-electron chi connectivity index (χ1n) is 5.78. The number of nitrogens with zero attached hydrogens (tertiary/aromatic N) is 1. The minimum absolute atomic E-state index is 0.208. The lowest BCUT2D eigenvalue weighted by atomic mass is 9.96. The van der Waals surface area contributed by atoms with Crippen LogP contribution in [0.25, 0.3) is 0 Å². The van der Waals surface area contributed by atoms with E-state index in [0.29, 0.717) is 15.6 Å². The van der Waals surface area contributed by atoms with Crippen molar-refractivity contribution in [1.82, 2.24) is 5.32 Å². The summed E-state index contributed by atoms with van der Waals surface area (Å²) in [5.41, 5.74) is 1.18. The normalized spacial score (nSPS) is 21.9. The summed E-state index contributed by atoms with van der Waals surface area (Å²) in [5, 5.41) is 14.2. The Morgan fingerprint density at radius 2 is 1.76 bits per heavy atom. The fourth-order valence-corrected chi connectivity index (χ4v) is 2.75. The van der Waals surface area contributed by atoms with E-state index in [1.807, 2.05) is 0 Å². The maximum Gasteiger partial charge on any atom is 0.140 e. The molecule has 0 saturated carbocycles. The number of aromatic hydroxyl groups is 1. The van der Waals surface area contributed by atoms with E-state index in [1.54, 1.807) is 6.07 Å². The van der Waals surface area contributed by atoms with Gasteiger partial charge in [-0.15, -0.1) is 0 Å². The summed E-state index contributed by atoms with van der Waals surface area (Å²) in [4.78, 5) is 2.17. The summed E-state index contributed by atoms with van der Waals surface area (Å²) in [7, 11) is 0. The molecule has 2 fully saturated rings. The number of hydrogen-bond acceptors (Lipinski definition) is 3. The first-order chi connectivity index (χ1) is 8.10. The first-order valence-corrected chi connectivity index (χ1v) is 6.53. The van der Waals surface area contributed by atoms with E-state index >= 15 is 0 Å². The summed E-state index contributed by atoms with van der Waals surface area (Å²) in [6, 6.07) is 3.26. The summed E-state index contributed by atoms with van der Waals surface area (Å²) >= 11 is 11.9. The van der Waals surface area contributed by atoms with Crippen molar-refractivity contribution in [2.24, 2.45) is 0 Å². The number of rotatable bonds is 1. The predicted octanol–water partition coefficient (Wildman–Crippen LogP) is 2.64. The standard InChI is InChI=1S/C12H14Cl2N2O/c13-8-5-10(11(17)6-9(8)14)16-3-1-12(2-4-16)7-15-12/h5-6,15,17H,1-4,7H2. The Morgan fingerprint density at radius 3 is 2.35 bits per heavy atom. The third kappa shape index (κ3) is 2.07. The van der Waals surface area contributed by atoms with Gasteiger partial charge in [-0.25, -0.2) is 0 Å². The van der Waals surface area contributed by atoms with Crippen LogP contribution in [0.1, 0.15) is 12.8 Å². The topological polar surface area (TPSA) is 45.4 Å². The minimum atomic E-state index is 0.208. The average molecular weight is 273 g/mol. The molecule has 3 rings (SSSR count). The molecule has 2 aliphatic rings. The van der Waals surface area contributed by atoms with Crippen molar-refractivity contribution in [2.45, 2.75) is 18.4 Å². The lowest BCUT2D eigenvalue weighted by Gasteiger charge is -2.33. The van der Waals surface area contributed by atoms with Gasteiger partial charge in [0, 0.05) is 31.2 Å². The molecule has 17 heavy (non-hydrogen) atoms. The van der Waals surface area contributed by atoms with Gasteiger partial charge in [-0.1, -0.05) is 23.2 Å². The summed E-state index contributed by atoms with van der Waals surface area (Å²) in [5.74, 6) is 0.208. The van der Waals surface area contributed by atoms with Gasteiger partial charge in [0.2, 0.25) is 0 Å². The molecule has 0 amide bonds. The van der Waals surface area contributed by atoms with Crippen molar-refractivity contribution >= 4 is 28.9 Å². The molecule has 5 heteroatoms. The molecule has 0 aromatic heterocycles. The van der Waals surface area contributed by atoms with Gasteiger partial charge < -0.3 is 15.3 Å². The van der Waals surface area contributed by atoms with Crippen LogP contribution in [0.2, 0.25) is 10.0 Å². The van der Waals surface area contributed by atoms with Gasteiger partial charge >= 0.3 is 0 Å². The molecule has 3 nitrogen and oxygen atoms in total. The number of benzene rings is 1. The molecule has 0 aliphatic carbocycles. The highest BCUT2D eigenvalue weighted by Crippen LogP contribution is 2.39. The predicted molar refractivity (Wildman–Crippen MR) is 70.3 cm³/mol. The number of halogens is 2. The highest BCUT2D eigenvalue weighted by molar-refractivity contribution is 6.42. The summed E-state index contributed by atoms with van der Waals surface area (Å²) < 4.78 is 0. The molecule has 2 saturated heterocycles. The fraction of sp³-hybridized carbons (Fsp3) is 0.500. The molecular weight excluding hydrogens is 259 g/mol. The highest BCUT2D eigenvalue weighted by atomic mass is 35.5. The lowest BCUT2D eigenvalue weighted by molar-refractivity contribution is 0.448. The zero-order chi connectivity index (χ0) is 12.0. The van der Waals surface area contributed by atoms with Crippen molar-refractivity contribution in [1.29, 1.82) is 0 Å². The molecule has 0 unspecified atom stereocenters. The number of piperidine rings is 1. The quantitative estimate of drug-likeness (QED) is 0.773. The van der Waals surface area contributed by atoms with E-state index in [2.05, 4.69) is 10.2 Å². The molecular formula is C12H14Cl2N2O. The van der Waals surface area contributed by atoms with Gasteiger partial charge in [0.1, 0.15) is 5.75 Å². The number of hydrogen-bond donors (Lipinski definition) is 2. The SMILES string of the molecule is Oc1cc(Cl)c(Cl)cc1N1CCC2(CC1)CN2. The molecule has 92 valence electrons. The van der Waals surface area contributed by atoms with E-state index in [9.17, 15) is 5.11 Å². The zero-order valence-electron chi connectivity index (χ0n) is 9.34. The van der Waals surface area contributed by atoms with Crippen molar-refractivity contribution in [3.63, 3.8) is 0 Å². The lowest BCUT2D eigenvalue weighted by Crippen LogP contribution is -2.39. The Morgan fingerprint density at radius 1 is 1.18 bits per heavy atom. The largest absolute Gasteiger partial charge is 0.506 e. The Hall–Kier alpha value is -0.640. The summed E-state index contributed by atoms with van der Waals surface area (Å²) in [6.07, 6.45) is 2.24. The second-order valence-electron chi connectivity index (χ2n) is 4.88. The molecule has 1 aromatic carbocycles. The molecule has 2 N–H and O–H groups in total. The second-order valence-corrected chi connectivity index (χ2v) is 5.69. The Labute approximate surface area is 110 Å². The van der Waals surface area contributed by atoms with Crippen LogP contribution in [-0.2, 0) is 0 Å². The van der Waals surface area contributed by atoms with Crippen LogP contribution in [0.4, 0.5) is 5.69 Å². The van der Waals surface area contributed by atoms with Crippen LogP contribution in [0.15, 0.2) is 12.1 Å². The highest BCUT2D eigenvalue weighted by Gasteiger charge is 2.44. The molecule has 2 aliphatic heterocycles. The number of anilines is 1. The van der Waals surface area contributed by atoms with Crippen LogP contribution in [0.3, 0.4) is 0 Å². The van der Waals surface area contributed by atoms with E-state index < -0.39 is 0 Å². The fourth-order valence-electron chi connectivity index (χ4n) is 2.43. The van der Waals surface area contributed by atoms with Gasteiger partial charge in [-0.3, -0.25) is 0 Å². The minimum Gasteiger partial charge on any atom is -0.506 e. The molecule has 0 bridgehead atoms. The number of phenolic OH excluding ortho intramolecular Hbond substituents is 1. The maximum atomic E-state index is 9.91. The van der Waals surface area contributed by atoms with E-state index in [0.717, 1.165) is 38.2 Å². The van der Waals surface area contributed by atoms with Crippen LogP contribution in [0, 0.1) is 0 Å². The van der Waals surface area contributed by atoms with Crippen LogP contribution >= 0.6 is 23.2 Å². The second kappa shape index (κ2) is 3.94. The monoisotopic (exact) mass is 272 g/mol. The molecule has 1 spiro atoms. The molecule has 0 atom stereocenters. The Balaban J connectivity index is 1.82. The van der Waals surface area contributed by atoms with Gasteiger partial charge in [-0.2, -0.15) is 0 Å². The maximum absolute atomic E-state index is 9.91. The molecule has 2 heterocycles. The van der Waals surface area contributed by atoms with E-state index in [-0.39, 0.29) is 5.75 Å². The average Bonchev–Trinajstić information content (AvgIpc) is 3.05. The first kappa shape index (κ1) is 11.5. The van der Waals surface area contributed by atoms with Crippen LogP contribution in [0.5, 0.6) is 5.75 Å². The van der Waals surface area contributed by atoms with Crippen molar-refractivity contribution in [2.75, 3.05) is 24.5 Å².